The predicted molar refractivity (Wildman–Crippen MR) is 223 cm³/mol. The van der Waals surface area contributed by atoms with E-state index in [1.807, 2.05) is 46.4 Å². The van der Waals surface area contributed by atoms with E-state index in [1.54, 1.807) is 21.6 Å². The molecule has 19 heteroatoms. The third-order valence-electron chi connectivity index (χ3n) is 9.91. The average molecular weight is 950 g/mol. The van der Waals surface area contributed by atoms with E-state index in [0.717, 1.165) is 78.5 Å². The number of hydrogen-bond donors (Lipinski definition) is 0. The van der Waals surface area contributed by atoms with Gasteiger partial charge in [0.25, 0.3) is 10.1 Å². The monoisotopic (exact) mass is 947 g/mol. The fourth-order valence-electron chi connectivity index (χ4n) is 7.06. The number of likely N-dealkylation sites (tertiary alicyclic amines) is 2. The molecule has 2 fully saturated rings. The fraction of sp³-hybridized carbons (Fsp3) is 0.737. The summed E-state index contributed by atoms with van der Waals surface area (Å²) >= 11 is 7.00. The summed E-state index contributed by atoms with van der Waals surface area (Å²) in [4.78, 5) is 58.2. The Labute approximate surface area is 354 Å². The zero-order chi connectivity index (χ0) is 42.5. The van der Waals surface area contributed by atoms with Gasteiger partial charge in [0, 0.05) is 76.4 Å². The number of rotatable bonds is 3. The minimum Gasteiger partial charge on any atom is -0.444 e. The van der Waals surface area contributed by atoms with Gasteiger partial charge < -0.3 is 29.1 Å². The van der Waals surface area contributed by atoms with Gasteiger partial charge in [-0.25, -0.2) is 9.59 Å². The summed E-state index contributed by atoms with van der Waals surface area (Å²) in [5.74, 6) is 0.169. The summed E-state index contributed by atoms with van der Waals surface area (Å²) in [5.41, 5.74) is 3.82. The molecular weight excluding hydrogens is 890 g/mol. The Bertz CT molecular complexity index is 1820. The molecule has 57 heavy (non-hydrogen) atoms. The van der Waals surface area contributed by atoms with Crippen LogP contribution in [0.3, 0.4) is 0 Å². The van der Waals surface area contributed by atoms with Crippen molar-refractivity contribution < 1.29 is 41.3 Å². The Morgan fingerprint density at radius 3 is 1.70 bits per heavy atom. The quantitative estimate of drug-likeness (QED) is 0.336. The van der Waals surface area contributed by atoms with Crippen molar-refractivity contribution in [1.82, 2.24) is 29.4 Å². The lowest BCUT2D eigenvalue weighted by Gasteiger charge is -2.34. The topological polar surface area (TPSA) is 173 Å². The second-order valence-corrected chi connectivity index (χ2v) is 20.0. The van der Waals surface area contributed by atoms with Crippen molar-refractivity contribution in [3.63, 3.8) is 0 Å². The van der Waals surface area contributed by atoms with Crippen molar-refractivity contribution in [1.29, 1.82) is 0 Å². The molecule has 2 saturated heterocycles. The number of carbonyl (C=O) groups excluding carboxylic acids is 4. The van der Waals surface area contributed by atoms with Gasteiger partial charge in [-0.15, -0.1) is 0 Å². The van der Waals surface area contributed by atoms with Crippen LogP contribution in [0.1, 0.15) is 105 Å². The molecule has 1 aromatic rings. The molecule has 0 N–H and O–H groups in total. The molecule has 0 atom stereocenters. The maximum Gasteiger partial charge on any atom is 0.410 e. The van der Waals surface area contributed by atoms with E-state index in [2.05, 4.69) is 41.5 Å². The van der Waals surface area contributed by atoms with Crippen molar-refractivity contribution in [2.24, 2.45) is 4.99 Å². The molecule has 0 aliphatic carbocycles. The van der Waals surface area contributed by atoms with Gasteiger partial charge in [-0.2, -0.15) is 13.5 Å². The Kier molecular flexibility index (Phi) is 15.8. The fourth-order valence-corrected chi connectivity index (χ4v) is 8.80. The molecule has 0 radical (unpaired) electrons. The van der Waals surface area contributed by atoms with E-state index in [9.17, 15) is 27.6 Å². The Hall–Kier alpha value is -3.03. The second kappa shape index (κ2) is 19.4. The zero-order valence-corrected chi connectivity index (χ0v) is 38.7. The van der Waals surface area contributed by atoms with Crippen LogP contribution >= 0.6 is 31.9 Å². The smallest absolute Gasteiger partial charge is 0.410 e. The molecule has 5 aliphatic heterocycles. The SMILES string of the molecule is CC(=O)N1CCC(OS(C)(=O)=O)CC1.CC(=O)N1CCC(n2nc(Br)c3c2CCN(C(=O)OC(C)(C)C)C3)CC1.CC(C)(C)OC(=O)N1CCC2=C(C1)C(Br)=NC2. The van der Waals surface area contributed by atoms with Gasteiger partial charge in [-0.05, 0) is 111 Å². The van der Waals surface area contributed by atoms with Crippen LogP contribution in [0.2, 0.25) is 0 Å². The highest BCUT2D eigenvalue weighted by atomic mass is 79.9. The van der Waals surface area contributed by atoms with E-state index < -0.39 is 21.3 Å². The molecule has 4 amide bonds. The third kappa shape index (κ3) is 14.0. The van der Waals surface area contributed by atoms with Crippen molar-refractivity contribution in [2.45, 2.75) is 124 Å². The minimum atomic E-state index is -3.36. The molecule has 16 nitrogen and oxygen atoms in total. The maximum absolute atomic E-state index is 12.4. The van der Waals surface area contributed by atoms with Gasteiger partial charge in [0.15, 0.2) is 0 Å². The lowest BCUT2D eigenvalue weighted by atomic mass is 10.0. The lowest BCUT2D eigenvalue weighted by molar-refractivity contribution is -0.131. The van der Waals surface area contributed by atoms with E-state index in [1.165, 1.54) is 18.2 Å². The molecule has 0 aromatic carbocycles. The van der Waals surface area contributed by atoms with Gasteiger partial charge >= 0.3 is 12.2 Å². The van der Waals surface area contributed by atoms with Gasteiger partial charge in [-0.3, -0.25) is 23.4 Å². The number of hydrogen-bond acceptors (Lipinski definition) is 11. The van der Waals surface area contributed by atoms with Crippen LogP contribution in [0.5, 0.6) is 0 Å². The Morgan fingerprint density at radius 1 is 0.719 bits per heavy atom. The van der Waals surface area contributed by atoms with E-state index in [4.69, 9.17) is 18.8 Å². The predicted octanol–water partition coefficient (Wildman–Crippen LogP) is 5.83. The first kappa shape index (κ1) is 46.7. The van der Waals surface area contributed by atoms with Crippen LogP contribution in [0, 0.1) is 0 Å². The standard InChI is InChI=1S/C18H27BrN4O3.C12H17BrN2O2.C8H15NO4S/c1-12(24)21-8-5-13(6-9-21)23-15-7-10-22(11-14(15)16(19)20-23)17(25)26-18(2,3)4;1-12(2,3)17-11(16)15-5-4-8-6-14-10(13)9(8)7-15;1-7(10)9-5-3-8(4-6-9)13-14(2,11)12/h13H,5-11H2,1-4H3;4-7H2,1-3H3;8H,3-6H2,1-2H3. The van der Waals surface area contributed by atoms with Crippen LogP contribution in [-0.2, 0) is 46.3 Å². The van der Waals surface area contributed by atoms with Crippen molar-refractivity contribution >= 4 is 70.6 Å². The number of piperidine rings is 2. The summed E-state index contributed by atoms with van der Waals surface area (Å²) in [5, 5.41) is 4.71. The maximum atomic E-state index is 12.4. The van der Waals surface area contributed by atoms with Crippen LogP contribution in [-0.4, -0.2) is 142 Å². The molecule has 6 heterocycles. The highest BCUT2D eigenvalue weighted by Crippen LogP contribution is 2.33. The number of nitrogens with zero attached hydrogens (tertiary/aromatic N) is 7. The van der Waals surface area contributed by atoms with Crippen LogP contribution in [0.4, 0.5) is 9.59 Å². The molecule has 5 aliphatic rings. The second-order valence-electron chi connectivity index (χ2n) is 16.9. The number of amides is 4. The number of aromatic nitrogens is 2. The summed E-state index contributed by atoms with van der Waals surface area (Å²) in [6.07, 6.45) is 4.93. The number of aliphatic imine (C=N–C) groups is 1. The molecule has 0 unspecified atom stereocenters. The molecular formula is C38H59Br2N7O9S. The molecule has 1 aromatic heterocycles. The number of ether oxygens (including phenoxy) is 2. The molecule has 0 bridgehead atoms. The highest BCUT2D eigenvalue weighted by molar-refractivity contribution is 9.18. The summed E-state index contributed by atoms with van der Waals surface area (Å²) < 4.78 is 41.1. The van der Waals surface area contributed by atoms with Gasteiger partial charge in [0.2, 0.25) is 11.8 Å². The first-order valence-electron chi connectivity index (χ1n) is 19.4. The van der Waals surface area contributed by atoms with Crippen LogP contribution in [0.15, 0.2) is 20.7 Å². The largest absolute Gasteiger partial charge is 0.444 e. The number of halogens is 2. The molecule has 0 spiro atoms. The lowest BCUT2D eigenvalue weighted by Crippen LogP contribution is -2.41. The number of fused-ring (bicyclic) bond motifs is 1. The first-order valence-corrected chi connectivity index (χ1v) is 22.8. The average Bonchev–Trinajstić information content (AvgIpc) is 3.65. The molecule has 6 rings (SSSR count). The Balaban J connectivity index is 0.000000201. The summed E-state index contributed by atoms with van der Waals surface area (Å²) in [6, 6.07) is 0.304. The van der Waals surface area contributed by atoms with Crippen molar-refractivity contribution in [3.8, 4) is 0 Å². The third-order valence-corrected chi connectivity index (χ3v) is 11.9. The molecule has 320 valence electrons. The van der Waals surface area contributed by atoms with Crippen LogP contribution < -0.4 is 0 Å². The van der Waals surface area contributed by atoms with E-state index >= 15 is 0 Å². The Morgan fingerprint density at radius 2 is 1.21 bits per heavy atom. The molecule has 0 saturated carbocycles. The van der Waals surface area contributed by atoms with E-state index in [-0.39, 0.29) is 30.1 Å². The first-order chi connectivity index (χ1) is 26.4. The summed E-state index contributed by atoms with van der Waals surface area (Å²) in [6.45, 7) is 20.4. The van der Waals surface area contributed by atoms with Gasteiger partial charge in [0.1, 0.15) is 20.4 Å². The zero-order valence-electron chi connectivity index (χ0n) is 34.7. The highest BCUT2D eigenvalue weighted by Gasteiger charge is 2.33. The van der Waals surface area contributed by atoms with Crippen molar-refractivity contribution in [2.75, 3.05) is 58.6 Å². The number of carbonyl (C=O) groups is 4. The normalized spacial score (nSPS) is 19.4. The minimum absolute atomic E-state index is 0.0304. The van der Waals surface area contributed by atoms with E-state index in [0.29, 0.717) is 51.6 Å². The van der Waals surface area contributed by atoms with Crippen molar-refractivity contribution in [3.05, 3.63) is 27.0 Å². The van der Waals surface area contributed by atoms with Crippen LogP contribution in [0.25, 0.3) is 0 Å². The van der Waals surface area contributed by atoms with Gasteiger partial charge in [-0.1, -0.05) is 0 Å². The van der Waals surface area contributed by atoms with Gasteiger partial charge in [0.05, 0.1) is 38.0 Å². The summed E-state index contributed by atoms with van der Waals surface area (Å²) in [7, 11) is -3.36.